The van der Waals surface area contributed by atoms with Crippen molar-refractivity contribution in [3.8, 4) is 17.2 Å². The second-order valence-corrected chi connectivity index (χ2v) is 11.4. The number of nitrogens with zero attached hydrogens (tertiary/aromatic N) is 2. The van der Waals surface area contributed by atoms with Crippen LogP contribution in [0.3, 0.4) is 0 Å². The maximum Gasteiger partial charge on any atom is 0.264 e. The fraction of sp³-hybridized carbons (Fsp3) is 0.188. The van der Waals surface area contributed by atoms with Crippen LogP contribution in [0.25, 0.3) is 0 Å². The third-order valence-corrected chi connectivity index (χ3v) is 8.07. The number of anilines is 1. The van der Waals surface area contributed by atoms with Gasteiger partial charge >= 0.3 is 0 Å². The van der Waals surface area contributed by atoms with Crippen LogP contribution in [0.15, 0.2) is 107 Å². The van der Waals surface area contributed by atoms with Crippen molar-refractivity contribution in [2.24, 2.45) is 5.10 Å². The minimum atomic E-state index is -4.05. The van der Waals surface area contributed by atoms with E-state index in [1.807, 2.05) is 26.0 Å². The Morgan fingerprint density at radius 3 is 2.23 bits per heavy atom. The molecule has 0 unspecified atom stereocenters. The number of rotatable bonds is 14. The Kier molecular flexibility index (Phi) is 11.0. The summed E-state index contributed by atoms with van der Waals surface area (Å²) in [6.45, 7) is 4.45. The Hall–Kier alpha value is -4.54. The smallest absolute Gasteiger partial charge is 0.264 e. The van der Waals surface area contributed by atoms with E-state index in [-0.39, 0.29) is 4.90 Å². The number of benzene rings is 4. The van der Waals surface area contributed by atoms with Crippen molar-refractivity contribution in [3.63, 3.8) is 0 Å². The van der Waals surface area contributed by atoms with Gasteiger partial charge in [-0.1, -0.05) is 41.9 Å². The molecule has 1 N–H and O–H groups in total. The van der Waals surface area contributed by atoms with E-state index in [0.717, 1.165) is 9.87 Å². The standard InChI is InChI=1S/C32H32ClN3O6S/c1-3-40-28-17-15-27(16-18-28)36(43(38,39)29-8-6-5-7-9-29)22-32(37)35-34-21-25-12-19-30(31(20-25)41-4-2)42-23-24-10-13-26(33)14-11-24/h5-21H,3-4,22-23H2,1-2H3,(H,35,37). The Balaban J connectivity index is 1.46. The van der Waals surface area contributed by atoms with E-state index in [9.17, 15) is 13.2 Å². The number of halogens is 1. The monoisotopic (exact) mass is 621 g/mol. The van der Waals surface area contributed by atoms with Crippen LogP contribution in [-0.4, -0.2) is 40.3 Å². The number of carbonyl (C=O) groups excluding carboxylic acids is 1. The second kappa shape index (κ2) is 15.1. The summed E-state index contributed by atoms with van der Waals surface area (Å²) in [5, 5.41) is 4.69. The molecular formula is C32H32ClN3O6S. The molecule has 0 aliphatic carbocycles. The number of sulfonamides is 1. The van der Waals surface area contributed by atoms with Gasteiger partial charge in [-0.2, -0.15) is 5.10 Å². The molecule has 9 nitrogen and oxygen atoms in total. The Morgan fingerprint density at radius 1 is 0.860 bits per heavy atom. The zero-order valence-corrected chi connectivity index (χ0v) is 25.3. The largest absolute Gasteiger partial charge is 0.494 e. The Morgan fingerprint density at radius 2 is 1.56 bits per heavy atom. The van der Waals surface area contributed by atoms with E-state index < -0.39 is 22.5 Å². The summed E-state index contributed by atoms with van der Waals surface area (Å²) in [5.41, 5.74) is 4.32. The third-order valence-electron chi connectivity index (χ3n) is 6.03. The van der Waals surface area contributed by atoms with Gasteiger partial charge in [0.05, 0.1) is 30.0 Å². The second-order valence-electron chi connectivity index (χ2n) is 9.10. The molecule has 0 aromatic heterocycles. The minimum absolute atomic E-state index is 0.0574. The van der Waals surface area contributed by atoms with E-state index in [1.165, 1.54) is 18.3 Å². The molecular weight excluding hydrogens is 590 g/mol. The highest BCUT2D eigenvalue weighted by Gasteiger charge is 2.27. The number of amides is 1. The molecule has 0 bridgehead atoms. The van der Waals surface area contributed by atoms with Crippen molar-refractivity contribution < 1.29 is 27.4 Å². The molecule has 1 amide bonds. The van der Waals surface area contributed by atoms with Gasteiger partial charge in [-0.25, -0.2) is 13.8 Å². The van der Waals surface area contributed by atoms with Crippen LogP contribution in [0.1, 0.15) is 25.0 Å². The van der Waals surface area contributed by atoms with E-state index in [0.29, 0.717) is 53.3 Å². The lowest BCUT2D eigenvalue weighted by molar-refractivity contribution is -0.119. The third kappa shape index (κ3) is 8.73. The van der Waals surface area contributed by atoms with Crippen LogP contribution in [-0.2, 0) is 21.4 Å². The molecule has 0 radical (unpaired) electrons. The summed E-state index contributed by atoms with van der Waals surface area (Å²) >= 11 is 5.95. The average Bonchev–Trinajstić information content (AvgIpc) is 3.01. The van der Waals surface area contributed by atoms with Gasteiger partial charge < -0.3 is 14.2 Å². The Bertz CT molecular complexity index is 1630. The topological polar surface area (TPSA) is 107 Å². The molecule has 0 saturated heterocycles. The van der Waals surface area contributed by atoms with Gasteiger partial charge in [0.25, 0.3) is 15.9 Å². The van der Waals surface area contributed by atoms with E-state index in [4.69, 9.17) is 25.8 Å². The van der Waals surface area contributed by atoms with E-state index in [2.05, 4.69) is 10.5 Å². The molecule has 0 aliphatic rings. The van der Waals surface area contributed by atoms with Crippen molar-refractivity contribution in [2.75, 3.05) is 24.1 Å². The van der Waals surface area contributed by atoms with Crippen molar-refractivity contribution in [3.05, 3.63) is 113 Å². The van der Waals surface area contributed by atoms with Crippen LogP contribution >= 0.6 is 11.6 Å². The first-order valence-corrected chi connectivity index (χ1v) is 15.4. The van der Waals surface area contributed by atoms with Crippen LogP contribution < -0.4 is 23.9 Å². The van der Waals surface area contributed by atoms with Crippen molar-refractivity contribution >= 4 is 39.4 Å². The highest BCUT2D eigenvalue weighted by atomic mass is 35.5. The first-order chi connectivity index (χ1) is 20.8. The number of carbonyl (C=O) groups is 1. The van der Waals surface area contributed by atoms with Crippen LogP contribution in [0.5, 0.6) is 17.2 Å². The molecule has 0 aliphatic heterocycles. The van der Waals surface area contributed by atoms with Crippen LogP contribution in [0.4, 0.5) is 5.69 Å². The maximum atomic E-state index is 13.5. The lowest BCUT2D eigenvalue weighted by atomic mass is 10.2. The normalized spacial score (nSPS) is 11.2. The van der Waals surface area contributed by atoms with Gasteiger partial charge in [-0.15, -0.1) is 0 Å². The number of nitrogens with one attached hydrogen (secondary N) is 1. The summed E-state index contributed by atoms with van der Waals surface area (Å²) < 4.78 is 45.2. The lowest BCUT2D eigenvalue weighted by Gasteiger charge is -2.24. The molecule has 224 valence electrons. The van der Waals surface area contributed by atoms with Crippen molar-refractivity contribution in [1.29, 1.82) is 0 Å². The van der Waals surface area contributed by atoms with Gasteiger partial charge in [-0.05, 0) is 91.7 Å². The van der Waals surface area contributed by atoms with E-state index in [1.54, 1.807) is 72.8 Å². The first kappa shape index (κ1) is 31.4. The van der Waals surface area contributed by atoms with Gasteiger partial charge in [-0.3, -0.25) is 9.10 Å². The maximum absolute atomic E-state index is 13.5. The molecule has 43 heavy (non-hydrogen) atoms. The SMILES string of the molecule is CCOc1ccc(N(CC(=O)NN=Cc2ccc(OCc3ccc(Cl)cc3)c(OCC)c2)S(=O)(=O)c2ccccc2)cc1. The zero-order chi connectivity index (χ0) is 30.7. The molecule has 11 heteroatoms. The number of hydrogen-bond acceptors (Lipinski definition) is 7. The lowest BCUT2D eigenvalue weighted by Crippen LogP contribution is -2.39. The fourth-order valence-electron chi connectivity index (χ4n) is 3.99. The molecule has 0 heterocycles. The molecule has 0 spiro atoms. The Labute approximate surface area is 256 Å². The number of hydrazone groups is 1. The summed E-state index contributed by atoms with van der Waals surface area (Å²) in [7, 11) is -4.05. The summed E-state index contributed by atoms with van der Waals surface area (Å²) in [5.74, 6) is 1.03. The fourth-order valence-corrected chi connectivity index (χ4v) is 5.56. The van der Waals surface area contributed by atoms with Gasteiger partial charge in [0.15, 0.2) is 11.5 Å². The summed E-state index contributed by atoms with van der Waals surface area (Å²) in [4.78, 5) is 13.0. The predicted molar refractivity (Wildman–Crippen MR) is 168 cm³/mol. The number of hydrogen-bond donors (Lipinski definition) is 1. The van der Waals surface area contributed by atoms with Crippen molar-refractivity contribution in [2.45, 2.75) is 25.3 Å². The average molecular weight is 622 g/mol. The van der Waals surface area contributed by atoms with Crippen LogP contribution in [0, 0.1) is 0 Å². The molecule has 0 fully saturated rings. The summed E-state index contributed by atoms with van der Waals surface area (Å²) in [6.07, 6.45) is 1.44. The van der Waals surface area contributed by atoms with E-state index >= 15 is 0 Å². The van der Waals surface area contributed by atoms with Crippen LogP contribution in [0.2, 0.25) is 5.02 Å². The zero-order valence-electron chi connectivity index (χ0n) is 23.8. The van der Waals surface area contributed by atoms with Crippen molar-refractivity contribution in [1.82, 2.24) is 5.43 Å². The molecule has 0 atom stereocenters. The highest BCUT2D eigenvalue weighted by Crippen LogP contribution is 2.29. The van der Waals surface area contributed by atoms with Gasteiger partial charge in [0.2, 0.25) is 0 Å². The number of ether oxygens (including phenoxy) is 3. The molecule has 4 aromatic rings. The summed E-state index contributed by atoms with van der Waals surface area (Å²) in [6, 6.07) is 27.0. The molecule has 4 rings (SSSR count). The predicted octanol–water partition coefficient (Wildman–Crippen LogP) is 6.06. The minimum Gasteiger partial charge on any atom is -0.494 e. The quantitative estimate of drug-likeness (QED) is 0.135. The van der Waals surface area contributed by atoms with Gasteiger partial charge in [0, 0.05) is 5.02 Å². The molecule has 0 saturated carbocycles. The molecule has 4 aromatic carbocycles. The highest BCUT2D eigenvalue weighted by molar-refractivity contribution is 7.92. The first-order valence-electron chi connectivity index (χ1n) is 13.6. The van der Waals surface area contributed by atoms with Gasteiger partial charge in [0.1, 0.15) is 18.9 Å².